The van der Waals surface area contributed by atoms with Crippen molar-refractivity contribution in [1.82, 2.24) is 0 Å². The van der Waals surface area contributed by atoms with Crippen LogP contribution in [-0.2, 0) is 0 Å². The van der Waals surface area contributed by atoms with Crippen LogP contribution in [0.3, 0.4) is 0 Å². The standard InChI is InChI=1S/C15H13N3O3/c1-20-11-4-9(8-16)5-12(7-11)21-14-6-10(17)2-3-13(14)15(18)19/h2-7H,17H2,1H3,(H2,18,19). The molecule has 6 nitrogen and oxygen atoms in total. The Balaban J connectivity index is 2.45. The zero-order chi connectivity index (χ0) is 15.4. The normalized spacial score (nSPS) is 9.71. The van der Waals surface area contributed by atoms with Gasteiger partial charge < -0.3 is 20.9 Å². The van der Waals surface area contributed by atoms with E-state index >= 15 is 0 Å². The molecule has 0 bridgehead atoms. The minimum atomic E-state index is -0.631. The molecule has 0 atom stereocenters. The molecule has 0 radical (unpaired) electrons. The van der Waals surface area contributed by atoms with E-state index in [9.17, 15) is 4.79 Å². The minimum Gasteiger partial charge on any atom is -0.497 e. The van der Waals surface area contributed by atoms with Crippen LogP contribution < -0.4 is 20.9 Å². The Bertz CT molecular complexity index is 735. The van der Waals surface area contributed by atoms with Crippen LogP contribution in [0.5, 0.6) is 17.2 Å². The molecule has 0 aliphatic carbocycles. The Morgan fingerprint density at radius 1 is 1.19 bits per heavy atom. The predicted molar refractivity (Wildman–Crippen MR) is 77.2 cm³/mol. The van der Waals surface area contributed by atoms with Crippen molar-refractivity contribution >= 4 is 11.6 Å². The van der Waals surface area contributed by atoms with Crippen LogP contribution in [0.4, 0.5) is 5.69 Å². The summed E-state index contributed by atoms with van der Waals surface area (Å²) in [5.74, 6) is 0.403. The zero-order valence-electron chi connectivity index (χ0n) is 11.3. The Morgan fingerprint density at radius 3 is 2.52 bits per heavy atom. The molecule has 2 rings (SSSR count). The highest BCUT2D eigenvalue weighted by molar-refractivity contribution is 5.96. The molecule has 0 saturated heterocycles. The number of benzene rings is 2. The molecule has 2 aromatic carbocycles. The number of hydrogen-bond acceptors (Lipinski definition) is 5. The van der Waals surface area contributed by atoms with Gasteiger partial charge in [-0.05, 0) is 24.3 Å². The monoisotopic (exact) mass is 283 g/mol. The predicted octanol–water partition coefficient (Wildman–Crippen LogP) is 2.04. The number of hydrogen-bond donors (Lipinski definition) is 2. The first-order valence-corrected chi connectivity index (χ1v) is 6.00. The number of nitriles is 1. The van der Waals surface area contributed by atoms with Crippen LogP contribution in [0.15, 0.2) is 36.4 Å². The van der Waals surface area contributed by atoms with Crippen LogP contribution in [0.2, 0.25) is 0 Å². The topological polar surface area (TPSA) is 111 Å². The highest BCUT2D eigenvalue weighted by atomic mass is 16.5. The van der Waals surface area contributed by atoms with Crippen molar-refractivity contribution in [2.75, 3.05) is 12.8 Å². The van der Waals surface area contributed by atoms with Gasteiger partial charge in [-0.1, -0.05) is 0 Å². The van der Waals surface area contributed by atoms with E-state index in [2.05, 4.69) is 0 Å². The fourth-order valence-electron chi connectivity index (χ4n) is 1.77. The molecule has 0 saturated carbocycles. The highest BCUT2D eigenvalue weighted by Gasteiger charge is 2.12. The Morgan fingerprint density at radius 2 is 1.90 bits per heavy atom. The molecule has 106 valence electrons. The SMILES string of the molecule is COc1cc(C#N)cc(Oc2cc(N)ccc2C(N)=O)c1. The van der Waals surface area contributed by atoms with Crippen LogP contribution >= 0.6 is 0 Å². The lowest BCUT2D eigenvalue weighted by Crippen LogP contribution is -2.12. The lowest BCUT2D eigenvalue weighted by molar-refractivity contribution is 0.0998. The molecule has 1 amide bonds. The van der Waals surface area contributed by atoms with E-state index in [1.807, 2.05) is 6.07 Å². The quantitative estimate of drug-likeness (QED) is 0.834. The smallest absolute Gasteiger partial charge is 0.252 e. The molecular formula is C15H13N3O3. The maximum absolute atomic E-state index is 11.4. The van der Waals surface area contributed by atoms with Crippen molar-refractivity contribution < 1.29 is 14.3 Å². The van der Waals surface area contributed by atoms with Crippen molar-refractivity contribution in [3.8, 4) is 23.3 Å². The van der Waals surface area contributed by atoms with Crippen molar-refractivity contribution in [2.45, 2.75) is 0 Å². The number of anilines is 1. The molecule has 6 heteroatoms. The maximum Gasteiger partial charge on any atom is 0.252 e. The van der Waals surface area contributed by atoms with Crippen molar-refractivity contribution in [1.29, 1.82) is 5.26 Å². The first-order chi connectivity index (χ1) is 10.0. The summed E-state index contributed by atoms with van der Waals surface area (Å²) in [6, 6.07) is 11.2. The van der Waals surface area contributed by atoms with E-state index in [0.717, 1.165) is 0 Å². The van der Waals surface area contributed by atoms with Gasteiger partial charge in [-0.15, -0.1) is 0 Å². The number of amides is 1. The number of primary amides is 1. The molecule has 4 N–H and O–H groups in total. The second-order valence-electron chi connectivity index (χ2n) is 4.23. The number of carbonyl (C=O) groups excluding carboxylic acids is 1. The number of methoxy groups -OCH3 is 1. The lowest BCUT2D eigenvalue weighted by Gasteiger charge is -2.11. The second kappa shape index (κ2) is 5.84. The summed E-state index contributed by atoms with van der Waals surface area (Å²) in [4.78, 5) is 11.4. The average molecular weight is 283 g/mol. The van der Waals surface area contributed by atoms with E-state index in [1.54, 1.807) is 18.2 Å². The maximum atomic E-state index is 11.4. The highest BCUT2D eigenvalue weighted by Crippen LogP contribution is 2.30. The summed E-state index contributed by atoms with van der Waals surface area (Å²) in [7, 11) is 1.48. The molecule has 21 heavy (non-hydrogen) atoms. The Hall–Kier alpha value is -3.20. The summed E-state index contributed by atoms with van der Waals surface area (Å²) in [6.07, 6.45) is 0. The van der Waals surface area contributed by atoms with Gasteiger partial charge in [-0.2, -0.15) is 5.26 Å². The third kappa shape index (κ3) is 3.22. The first-order valence-electron chi connectivity index (χ1n) is 6.00. The largest absolute Gasteiger partial charge is 0.497 e. The van der Waals surface area contributed by atoms with Crippen LogP contribution in [-0.4, -0.2) is 13.0 Å². The number of nitrogens with two attached hydrogens (primary N) is 2. The minimum absolute atomic E-state index is 0.200. The Kier molecular flexibility index (Phi) is 3.95. The number of ether oxygens (including phenoxy) is 2. The molecule has 0 fully saturated rings. The number of nitrogen functional groups attached to an aromatic ring is 1. The summed E-state index contributed by atoms with van der Waals surface area (Å²) in [5.41, 5.74) is 12.0. The Labute approximate surface area is 121 Å². The van der Waals surface area contributed by atoms with E-state index in [4.69, 9.17) is 26.2 Å². The van der Waals surface area contributed by atoms with Gasteiger partial charge in [0, 0.05) is 17.8 Å². The lowest BCUT2D eigenvalue weighted by atomic mass is 10.1. The van der Waals surface area contributed by atoms with Gasteiger partial charge in [0.15, 0.2) is 0 Å². The van der Waals surface area contributed by atoms with E-state index in [-0.39, 0.29) is 11.3 Å². The number of rotatable bonds is 4. The number of carbonyl (C=O) groups is 1. The van der Waals surface area contributed by atoms with E-state index in [0.29, 0.717) is 22.7 Å². The van der Waals surface area contributed by atoms with Gasteiger partial charge in [0.2, 0.25) is 0 Å². The summed E-state index contributed by atoms with van der Waals surface area (Å²) < 4.78 is 10.7. The fraction of sp³-hybridized carbons (Fsp3) is 0.0667. The third-order valence-electron chi connectivity index (χ3n) is 2.74. The van der Waals surface area contributed by atoms with Crippen LogP contribution in [0.25, 0.3) is 0 Å². The van der Waals surface area contributed by atoms with E-state index < -0.39 is 5.91 Å². The molecule has 0 aromatic heterocycles. The van der Waals surface area contributed by atoms with Gasteiger partial charge in [0.25, 0.3) is 5.91 Å². The molecule has 0 heterocycles. The van der Waals surface area contributed by atoms with Crippen molar-refractivity contribution in [3.63, 3.8) is 0 Å². The average Bonchev–Trinajstić information content (AvgIpc) is 2.46. The van der Waals surface area contributed by atoms with Crippen molar-refractivity contribution in [2.24, 2.45) is 5.73 Å². The molecular weight excluding hydrogens is 270 g/mol. The summed E-state index contributed by atoms with van der Waals surface area (Å²) >= 11 is 0. The van der Waals surface area contributed by atoms with Gasteiger partial charge in [0.1, 0.15) is 17.2 Å². The summed E-state index contributed by atoms with van der Waals surface area (Å²) in [5, 5.41) is 8.98. The van der Waals surface area contributed by atoms with Gasteiger partial charge >= 0.3 is 0 Å². The molecule has 2 aromatic rings. The van der Waals surface area contributed by atoms with Gasteiger partial charge in [-0.25, -0.2) is 0 Å². The van der Waals surface area contributed by atoms with Gasteiger partial charge in [-0.3, -0.25) is 4.79 Å². The molecule has 0 aliphatic heterocycles. The summed E-state index contributed by atoms with van der Waals surface area (Å²) in [6.45, 7) is 0. The van der Waals surface area contributed by atoms with Crippen LogP contribution in [0, 0.1) is 11.3 Å². The van der Waals surface area contributed by atoms with E-state index in [1.165, 1.54) is 25.3 Å². The molecule has 0 spiro atoms. The zero-order valence-corrected chi connectivity index (χ0v) is 11.3. The van der Waals surface area contributed by atoms with Crippen molar-refractivity contribution in [3.05, 3.63) is 47.5 Å². The second-order valence-corrected chi connectivity index (χ2v) is 4.23. The first kappa shape index (κ1) is 14.2. The fourth-order valence-corrected chi connectivity index (χ4v) is 1.77. The molecule has 0 aliphatic rings. The third-order valence-corrected chi connectivity index (χ3v) is 2.74. The number of nitrogens with zero attached hydrogens (tertiary/aromatic N) is 1. The molecule has 0 unspecified atom stereocenters. The van der Waals surface area contributed by atoms with Gasteiger partial charge in [0.05, 0.1) is 24.3 Å². The van der Waals surface area contributed by atoms with Crippen LogP contribution in [0.1, 0.15) is 15.9 Å².